The van der Waals surface area contributed by atoms with Crippen LogP contribution in [0.2, 0.25) is 0 Å². The van der Waals surface area contributed by atoms with E-state index in [1.165, 1.54) is 55.4 Å². The predicted molar refractivity (Wildman–Crippen MR) is 166 cm³/mol. The van der Waals surface area contributed by atoms with Crippen LogP contribution in [0.4, 0.5) is 0 Å². The first-order chi connectivity index (χ1) is 19.9. The minimum atomic E-state index is -0.394. The van der Waals surface area contributed by atoms with Crippen LogP contribution in [0.25, 0.3) is 38.8 Å². The Morgan fingerprint density at radius 1 is 0.425 bits per heavy atom. The number of aromatic nitrogens is 1. The Morgan fingerprint density at radius 2 is 1.00 bits per heavy atom. The molecule has 1 aliphatic carbocycles. The van der Waals surface area contributed by atoms with Crippen molar-refractivity contribution < 1.29 is 0 Å². The van der Waals surface area contributed by atoms with E-state index in [1.807, 2.05) is 0 Å². The van der Waals surface area contributed by atoms with Gasteiger partial charge in [-0.2, -0.15) is 0 Å². The summed E-state index contributed by atoms with van der Waals surface area (Å²) in [5, 5.41) is 1.25. The van der Waals surface area contributed by atoms with E-state index >= 15 is 0 Å². The van der Waals surface area contributed by atoms with E-state index in [0.717, 1.165) is 5.69 Å². The molecule has 0 spiro atoms. The lowest BCUT2D eigenvalue weighted by Crippen LogP contribution is -2.28. The molecule has 0 radical (unpaired) electrons. The van der Waals surface area contributed by atoms with Gasteiger partial charge in [0.25, 0.3) is 0 Å². The molecule has 0 unspecified atom stereocenters. The summed E-state index contributed by atoms with van der Waals surface area (Å²) in [5.74, 6) is 0. The molecular weight excluding hydrogens is 482 g/mol. The Hall–Kier alpha value is -5.14. The fraction of sp³-hybridized carbons (Fsp3) is 0.0256. The molecule has 0 atom stereocenters. The second-order valence-corrected chi connectivity index (χ2v) is 10.6. The summed E-state index contributed by atoms with van der Waals surface area (Å²) in [5.41, 5.74) is 12.4. The van der Waals surface area contributed by atoms with Crippen LogP contribution in [-0.2, 0) is 5.41 Å². The molecule has 0 saturated heterocycles. The number of hydrogen-bond acceptors (Lipinski definition) is 0. The van der Waals surface area contributed by atoms with Crippen LogP contribution in [0.1, 0.15) is 22.3 Å². The van der Waals surface area contributed by atoms with E-state index in [9.17, 15) is 0 Å². The summed E-state index contributed by atoms with van der Waals surface area (Å²) in [6.45, 7) is 0. The van der Waals surface area contributed by atoms with Crippen molar-refractivity contribution in [1.82, 2.24) is 4.57 Å². The molecule has 1 heteroatoms. The Morgan fingerprint density at radius 3 is 1.68 bits per heavy atom. The van der Waals surface area contributed by atoms with Gasteiger partial charge in [0.15, 0.2) is 0 Å². The van der Waals surface area contributed by atoms with Crippen LogP contribution in [0, 0.1) is 0 Å². The Balaban J connectivity index is 1.42. The first-order valence-corrected chi connectivity index (χ1v) is 13.9. The summed E-state index contributed by atoms with van der Waals surface area (Å²) in [7, 11) is 0. The average Bonchev–Trinajstić information content (AvgIpc) is 3.60. The molecule has 0 aliphatic heterocycles. The third-order valence-corrected chi connectivity index (χ3v) is 8.52. The van der Waals surface area contributed by atoms with E-state index in [2.05, 4.69) is 168 Å². The molecule has 1 nitrogen and oxygen atoms in total. The van der Waals surface area contributed by atoms with Crippen molar-refractivity contribution in [2.24, 2.45) is 0 Å². The summed E-state index contributed by atoms with van der Waals surface area (Å²) in [4.78, 5) is 0. The molecule has 0 bridgehead atoms. The fourth-order valence-corrected chi connectivity index (χ4v) is 6.81. The molecule has 1 aromatic heterocycles. The van der Waals surface area contributed by atoms with Gasteiger partial charge in [-0.3, -0.25) is 0 Å². The van der Waals surface area contributed by atoms with E-state index in [-0.39, 0.29) is 0 Å². The summed E-state index contributed by atoms with van der Waals surface area (Å²) >= 11 is 0. The number of nitrogens with zero attached hydrogens (tertiary/aromatic N) is 1. The largest absolute Gasteiger partial charge is 0.316 e. The van der Waals surface area contributed by atoms with Crippen LogP contribution >= 0.6 is 0 Å². The Labute approximate surface area is 234 Å². The van der Waals surface area contributed by atoms with Crippen LogP contribution < -0.4 is 0 Å². The van der Waals surface area contributed by atoms with Gasteiger partial charge in [0, 0.05) is 22.8 Å². The molecule has 0 fully saturated rings. The molecule has 1 heterocycles. The van der Waals surface area contributed by atoms with Gasteiger partial charge in [-0.15, -0.1) is 0 Å². The van der Waals surface area contributed by atoms with Crippen LogP contribution in [0.3, 0.4) is 0 Å². The third kappa shape index (κ3) is 3.21. The molecule has 0 saturated carbocycles. The number of rotatable bonds is 4. The molecule has 8 rings (SSSR count). The van der Waals surface area contributed by atoms with Gasteiger partial charge in [-0.05, 0) is 57.1 Å². The minimum absolute atomic E-state index is 0.394. The lowest BCUT2D eigenvalue weighted by Gasteiger charge is -2.33. The van der Waals surface area contributed by atoms with Crippen molar-refractivity contribution in [3.05, 3.63) is 186 Å². The second-order valence-electron chi connectivity index (χ2n) is 10.6. The Kier molecular flexibility index (Phi) is 5.11. The maximum atomic E-state index is 2.37. The van der Waals surface area contributed by atoms with Crippen LogP contribution in [0.15, 0.2) is 164 Å². The van der Waals surface area contributed by atoms with Crippen molar-refractivity contribution in [2.45, 2.75) is 5.41 Å². The molecule has 0 amide bonds. The van der Waals surface area contributed by atoms with Crippen LogP contribution in [0.5, 0.6) is 0 Å². The SMILES string of the molecule is c1ccc(-c2ccc(-n3ccc4ccc5c(c43)-c3ccccc3C5(c3ccccc3)c3ccccc3)cc2)cc1. The lowest BCUT2D eigenvalue weighted by molar-refractivity contribution is 0.769. The molecular formula is C39H27N. The van der Waals surface area contributed by atoms with E-state index in [1.54, 1.807) is 0 Å². The molecule has 40 heavy (non-hydrogen) atoms. The number of fused-ring (bicyclic) bond motifs is 5. The maximum absolute atomic E-state index is 2.37. The van der Waals surface area contributed by atoms with Gasteiger partial charge in [0.1, 0.15) is 0 Å². The predicted octanol–water partition coefficient (Wildman–Crippen LogP) is 9.66. The van der Waals surface area contributed by atoms with Gasteiger partial charge in [0.2, 0.25) is 0 Å². The molecule has 7 aromatic rings. The lowest BCUT2D eigenvalue weighted by atomic mass is 9.67. The summed E-state index contributed by atoms with van der Waals surface area (Å²) in [6, 6.07) is 57.4. The Bertz CT molecular complexity index is 1930. The topological polar surface area (TPSA) is 4.93 Å². The molecule has 1 aliphatic rings. The van der Waals surface area contributed by atoms with Gasteiger partial charge in [0.05, 0.1) is 10.9 Å². The van der Waals surface area contributed by atoms with Crippen molar-refractivity contribution in [3.8, 4) is 27.9 Å². The first kappa shape index (κ1) is 22.8. The van der Waals surface area contributed by atoms with Gasteiger partial charge in [-0.1, -0.05) is 140 Å². The fourth-order valence-electron chi connectivity index (χ4n) is 6.81. The quantitative estimate of drug-likeness (QED) is 0.223. The summed E-state index contributed by atoms with van der Waals surface area (Å²) < 4.78 is 2.37. The van der Waals surface area contributed by atoms with Crippen molar-refractivity contribution >= 4 is 10.9 Å². The van der Waals surface area contributed by atoms with E-state index in [0.29, 0.717) is 0 Å². The zero-order chi connectivity index (χ0) is 26.5. The molecule has 6 aromatic carbocycles. The standard InChI is InChI=1S/C39H27N/c1-4-12-28(13-5-1)29-20-23-33(24-21-29)40-27-26-30-22-25-36-37(38(30)40)34-18-10-11-19-35(34)39(36,31-14-6-2-7-15-31)32-16-8-3-9-17-32/h1-27H. The van der Waals surface area contributed by atoms with Gasteiger partial charge in [-0.25, -0.2) is 0 Å². The summed E-state index contributed by atoms with van der Waals surface area (Å²) in [6.07, 6.45) is 2.22. The highest BCUT2D eigenvalue weighted by atomic mass is 15.0. The normalized spacial score (nSPS) is 13.2. The van der Waals surface area contributed by atoms with Crippen LogP contribution in [-0.4, -0.2) is 4.57 Å². The maximum Gasteiger partial charge on any atom is 0.0714 e. The van der Waals surface area contributed by atoms with Crippen molar-refractivity contribution in [2.75, 3.05) is 0 Å². The van der Waals surface area contributed by atoms with Gasteiger partial charge < -0.3 is 4.57 Å². The first-order valence-electron chi connectivity index (χ1n) is 13.9. The highest BCUT2D eigenvalue weighted by molar-refractivity contribution is 6.03. The zero-order valence-corrected chi connectivity index (χ0v) is 22.0. The van der Waals surface area contributed by atoms with E-state index < -0.39 is 5.41 Å². The minimum Gasteiger partial charge on any atom is -0.316 e. The monoisotopic (exact) mass is 509 g/mol. The third-order valence-electron chi connectivity index (χ3n) is 8.52. The highest BCUT2D eigenvalue weighted by Gasteiger charge is 2.46. The number of hydrogen-bond donors (Lipinski definition) is 0. The average molecular weight is 510 g/mol. The van der Waals surface area contributed by atoms with Crippen molar-refractivity contribution in [1.29, 1.82) is 0 Å². The molecule has 0 N–H and O–H groups in total. The van der Waals surface area contributed by atoms with E-state index in [4.69, 9.17) is 0 Å². The second kappa shape index (κ2) is 8.97. The zero-order valence-electron chi connectivity index (χ0n) is 22.0. The molecule has 188 valence electrons. The number of benzene rings is 6. The van der Waals surface area contributed by atoms with Crippen molar-refractivity contribution in [3.63, 3.8) is 0 Å². The highest BCUT2D eigenvalue weighted by Crippen LogP contribution is 2.57. The smallest absolute Gasteiger partial charge is 0.0714 e. The van der Waals surface area contributed by atoms with Gasteiger partial charge >= 0.3 is 0 Å².